The van der Waals surface area contributed by atoms with Crippen LogP contribution in [0.2, 0.25) is 0 Å². The van der Waals surface area contributed by atoms with Crippen LogP contribution in [0.15, 0.2) is 12.3 Å². The van der Waals surface area contributed by atoms with E-state index in [0.717, 1.165) is 63.6 Å². The summed E-state index contributed by atoms with van der Waals surface area (Å²) in [6.07, 6.45) is 6.03. The second-order valence-corrected chi connectivity index (χ2v) is 5.81. The molecule has 0 aliphatic carbocycles. The summed E-state index contributed by atoms with van der Waals surface area (Å²) in [6, 6.07) is 2.49. The summed E-state index contributed by atoms with van der Waals surface area (Å²) in [6.45, 7) is 5.24. The number of hydrogen-bond acceptors (Lipinski definition) is 5. The van der Waals surface area contributed by atoms with Gasteiger partial charge in [0, 0.05) is 38.6 Å². The van der Waals surface area contributed by atoms with E-state index in [4.69, 9.17) is 9.47 Å². The smallest absolute Gasteiger partial charge is 0.125 e. The van der Waals surface area contributed by atoms with Crippen LogP contribution in [0.25, 0.3) is 0 Å². The van der Waals surface area contributed by atoms with Crippen LogP contribution in [-0.4, -0.2) is 41.4 Å². The van der Waals surface area contributed by atoms with Crippen LogP contribution in [0, 0.1) is 6.92 Å². The molecule has 3 rings (SSSR count). The first-order chi connectivity index (χ1) is 9.76. The van der Waals surface area contributed by atoms with Crippen LogP contribution in [0.1, 0.15) is 37.2 Å². The van der Waals surface area contributed by atoms with Crippen LogP contribution in [-0.2, 0) is 16.0 Å². The average Bonchev–Trinajstić information content (AvgIpc) is 2.46. The third-order valence-electron chi connectivity index (χ3n) is 4.30. The quantitative estimate of drug-likeness (QED) is 0.909. The molecule has 1 N–H and O–H groups in total. The van der Waals surface area contributed by atoms with Crippen LogP contribution < -0.4 is 5.32 Å². The topological polar surface area (TPSA) is 56.3 Å². The number of rotatable bonds is 3. The molecule has 1 spiro atoms. The van der Waals surface area contributed by atoms with Gasteiger partial charge in [-0.05, 0) is 38.7 Å². The molecule has 0 radical (unpaired) electrons. The molecule has 2 fully saturated rings. The lowest BCUT2D eigenvalue weighted by atomic mass is 9.84. The van der Waals surface area contributed by atoms with E-state index in [2.05, 4.69) is 15.3 Å². The Morgan fingerprint density at radius 2 is 2.20 bits per heavy atom. The van der Waals surface area contributed by atoms with Gasteiger partial charge in [-0.1, -0.05) is 0 Å². The first kappa shape index (κ1) is 13.9. The molecule has 1 aromatic heterocycles. The van der Waals surface area contributed by atoms with E-state index in [-0.39, 0.29) is 5.60 Å². The maximum atomic E-state index is 6.06. The van der Waals surface area contributed by atoms with Gasteiger partial charge in [-0.15, -0.1) is 0 Å². The van der Waals surface area contributed by atoms with Gasteiger partial charge in [-0.2, -0.15) is 0 Å². The molecule has 110 valence electrons. The summed E-state index contributed by atoms with van der Waals surface area (Å²) < 4.78 is 11.5. The normalized spacial score (nSPS) is 25.8. The largest absolute Gasteiger partial charge is 0.381 e. The van der Waals surface area contributed by atoms with Crippen molar-refractivity contribution in [1.82, 2.24) is 15.3 Å². The predicted octanol–water partition coefficient (Wildman–Crippen LogP) is 1.60. The fourth-order valence-electron chi connectivity index (χ4n) is 3.15. The van der Waals surface area contributed by atoms with Gasteiger partial charge in [0.15, 0.2) is 0 Å². The number of nitrogens with one attached hydrogen (secondary N) is 1. The van der Waals surface area contributed by atoms with Gasteiger partial charge in [-0.25, -0.2) is 9.97 Å². The number of aryl methyl sites for hydroxylation is 1. The fourth-order valence-corrected chi connectivity index (χ4v) is 3.15. The lowest BCUT2D eigenvalue weighted by Gasteiger charge is -2.43. The molecule has 20 heavy (non-hydrogen) atoms. The minimum Gasteiger partial charge on any atom is -0.381 e. The lowest BCUT2D eigenvalue weighted by molar-refractivity contribution is -0.140. The van der Waals surface area contributed by atoms with Crippen LogP contribution in [0.3, 0.4) is 0 Å². The minimum atomic E-state index is 0.0513. The maximum absolute atomic E-state index is 6.06. The summed E-state index contributed by atoms with van der Waals surface area (Å²) in [4.78, 5) is 8.57. The van der Waals surface area contributed by atoms with E-state index in [0.29, 0.717) is 6.04 Å². The molecular weight excluding hydrogens is 254 g/mol. The van der Waals surface area contributed by atoms with Gasteiger partial charge in [0.2, 0.25) is 0 Å². The summed E-state index contributed by atoms with van der Waals surface area (Å²) in [5.74, 6) is 0.831. The van der Waals surface area contributed by atoms with Crippen LogP contribution in [0.4, 0.5) is 0 Å². The Morgan fingerprint density at radius 1 is 1.35 bits per heavy atom. The Morgan fingerprint density at radius 3 is 3.00 bits per heavy atom. The van der Waals surface area contributed by atoms with Crippen molar-refractivity contribution < 1.29 is 9.47 Å². The monoisotopic (exact) mass is 277 g/mol. The van der Waals surface area contributed by atoms with E-state index in [1.807, 2.05) is 19.2 Å². The molecule has 5 nitrogen and oxygen atoms in total. The Labute approximate surface area is 120 Å². The van der Waals surface area contributed by atoms with E-state index in [1.54, 1.807) is 0 Å². The fraction of sp³-hybridized carbons (Fsp3) is 0.733. The molecule has 2 aliphatic rings. The lowest BCUT2D eigenvalue weighted by Crippen LogP contribution is -2.49. The highest BCUT2D eigenvalue weighted by Gasteiger charge is 2.38. The van der Waals surface area contributed by atoms with Crippen LogP contribution in [0.5, 0.6) is 0 Å². The molecule has 0 aromatic carbocycles. The molecule has 0 bridgehead atoms. The van der Waals surface area contributed by atoms with Gasteiger partial charge < -0.3 is 14.8 Å². The van der Waals surface area contributed by atoms with Crippen molar-refractivity contribution in [2.75, 3.05) is 19.8 Å². The molecule has 1 atom stereocenters. The highest BCUT2D eigenvalue weighted by atomic mass is 16.5. The third kappa shape index (κ3) is 3.34. The summed E-state index contributed by atoms with van der Waals surface area (Å²) in [7, 11) is 0. The first-order valence-corrected chi connectivity index (χ1v) is 7.49. The number of nitrogens with zero attached hydrogens (tertiary/aromatic N) is 2. The zero-order valence-electron chi connectivity index (χ0n) is 12.1. The van der Waals surface area contributed by atoms with Gasteiger partial charge in [0.1, 0.15) is 5.82 Å². The van der Waals surface area contributed by atoms with Crippen molar-refractivity contribution >= 4 is 0 Å². The maximum Gasteiger partial charge on any atom is 0.125 e. The summed E-state index contributed by atoms with van der Waals surface area (Å²) in [5, 5.41) is 3.63. The van der Waals surface area contributed by atoms with E-state index in [1.165, 1.54) is 0 Å². The van der Waals surface area contributed by atoms with Gasteiger partial charge in [0.25, 0.3) is 0 Å². The van der Waals surface area contributed by atoms with E-state index >= 15 is 0 Å². The Kier molecular flexibility index (Phi) is 4.29. The molecule has 0 amide bonds. The summed E-state index contributed by atoms with van der Waals surface area (Å²) >= 11 is 0. The standard InChI is InChI=1S/C15H23N3O2/c1-12-16-6-2-14(18-12)11-17-13-3-7-20-15(10-13)4-8-19-9-5-15/h2,6,13,17H,3-5,7-11H2,1H3. The summed E-state index contributed by atoms with van der Waals surface area (Å²) in [5.41, 5.74) is 1.11. The highest BCUT2D eigenvalue weighted by molar-refractivity contribution is 5.02. The second kappa shape index (κ2) is 6.16. The van der Waals surface area contributed by atoms with Crippen molar-refractivity contribution in [3.63, 3.8) is 0 Å². The predicted molar refractivity (Wildman–Crippen MR) is 75.4 cm³/mol. The highest BCUT2D eigenvalue weighted by Crippen LogP contribution is 2.34. The number of ether oxygens (including phenoxy) is 2. The average molecular weight is 277 g/mol. The van der Waals surface area contributed by atoms with Crippen LogP contribution >= 0.6 is 0 Å². The SMILES string of the molecule is Cc1nccc(CNC2CCOC3(CCOCC3)C2)n1. The molecule has 3 heterocycles. The molecule has 2 aliphatic heterocycles. The Balaban J connectivity index is 1.55. The number of hydrogen-bond donors (Lipinski definition) is 1. The molecule has 1 unspecified atom stereocenters. The van der Waals surface area contributed by atoms with Gasteiger partial charge in [-0.3, -0.25) is 0 Å². The molecule has 1 aromatic rings. The first-order valence-electron chi connectivity index (χ1n) is 7.49. The van der Waals surface area contributed by atoms with Crippen molar-refractivity contribution in [1.29, 1.82) is 0 Å². The van der Waals surface area contributed by atoms with E-state index < -0.39 is 0 Å². The zero-order valence-corrected chi connectivity index (χ0v) is 12.1. The number of aromatic nitrogens is 2. The molecule has 2 saturated heterocycles. The molecular formula is C15H23N3O2. The van der Waals surface area contributed by atoms with Crippen molar-refractivity contribution in [2.45, 2.75) is 50.8 Å². The molecule has 0 saturated carbocycles. The second-order valence-electron chi connectivity index (χ2n) is 5.81. The van der Waals surface area contributed by atoms with Gasteiger partial charge >= 0.3 is 0 Å². The van der Waals surface area contributed by atoms with Crippen molar-refractivity contribution in [3.8, 4) is 0 Å². The van der Waals surface area contributed by atoms with Crippen molar-refractivity contribution in [3.05, 3.63) is 23.8 Å². The van der Waals surface area contributed by atoms with Gasteiger partial charge in [0.05, 0.1) is 11.3 Å². The third-order valence-corrected chi connectivity index (χ3v) is 4.30. The molecule has 5 heteroatoms. The minimum absolute atomic E-state index is 0.0513. The zero-order chi connectivity index (χ0) is 13.8. The van der Waals surface area contributed by atoms with E-state index in [9.17, 15) is 0 Å². The Bertz CT molecular complexity index is 441. The van der Waals surface area contributed by atoms with Crippen molar-refractivity contribution in [2.24, 2.45) is 0 Å². The Hall–Kier alpha value is -1.04.